The third-order valence-electron chi connectivity index (χ3n) is 4.26. The van der Waals surface area contributed by atoms with E-state index in [4.69, 9.17) is 5.11 Å². The van der Waals surface area contributed by atoms with Crippen molar-refractivity contribution >= 4 is 0 Å². The molecule has 0 saturated carbocycles. The van der Waals surface area contributed by atoms with Crippen LogP contribution in [0.1, 0.15) is 110 Å². The molecule has 0 atom stereocenters. The molecule has 1 heteroatoms. The molecule has 1 nitrogen and oxygen atoms in total. The van der Waals surface area contributed by atoms with Crippen LogP contribution in [-0.4, -0.2) is 5.11 Å². The molecule has 0 heterocycles. The predicted molar refractivity (Wildman–Crippen MR) is 95.9 cm³/mol. The Morgan fingerprint density at radius 2 is 1.00 bits per heavy atom. The Morgan fingerprint density at radius 3 is 1.38 bits per heavy atom. The van der Waals surface area contributed by atoms with E-state index in [2.05, 4.69) is 13.8 Å². The normalized spacial score (nSPS) is 11.8. The quantitative estimate of drug-likeness (QED) is 0.230. The van der Waals surface area contributed by atoms with Crippen LogP contribution in [0.2, 0.25) is 0 Å². The summed E-state index contributed by atoms with van der Waals surface area (Å²) in [6.07, 6.45) is 23.8. The minimum Gasteiger partial charge on any atom is -0.516 e. The standard InChI is InChI=1S/C20H40O/c1-20(2)18-16-14-12-10-8-6-4-3-5-7-9-11-13-15-17-19-21/h17,19-21H,3-16,18H2,1-2H3/b19-17+. The number of rotatable bonds is 16. The fraction of sp³-hybridized carbons (Fsp3) is 0.900. The highest BCUT2D eigenvalue weighted by molar-refractivity contribution is 4.70. The maximum Gasteiger partial charge on any atom is 0.0751 e. The fourth-order valence-electron chi connectivity index (χ4n) is 2.83. The van der Waals surface area contributed by atoms with Crippen LogP contribution < -0.4 is 0 Å². The average molecular weight is 297 g/mol. The summed E-state index contributed by atoms with van der Waals surface area (Å²) in [5.74, 6) is 0.885. The zero-order valence-corrected chi connectivity index (χ0v) is 14.8. The lowest BCUT2D eigenvalue weighted by Gasteiger charge is -2.04. The number of allylic oxidation sites excluding steroid dienone is 1. The van der Waals surface area contributed by atoms with E-state index in [1.165, 1.54) is 96.2 Å². The first-order valence-corrected chi connectivity index (χ1v) is 9.56. The summed E-state index contributed by atoms with van der Waals surface area (Å²) in [7, 11) is 0. The van der Waals surface area contributed by atoms with Crippen molar-refractivity contribution in [1.82, 2.24) is 0 Å². The van der Waals surface area contributed by atoms with Crippen LogP contribution in [0.4, 0.5) is 0 Å². The number of aliphatic hydroxyl groups is 1. The van der Waals surface area contributed by atoms with E-state index in [-0.39, 0.29) is 0 Å². The summed E-state index contributed by atoms with van der Waals surface area (Å²) in [5, 5.41) is 8.51. The van der Waals surface area contributed by atoms with Crippen LogP contribution in [0.5, 0.6) is 0 Å². The molecule has 0 rings (SSSR count). The van der Waals surface area contributed by atoms with Gasteiger partial charge >= 0.3 is 0 Å². The monoisotopic (exact) mass is 296 g/mol. The second-order valence-corrected chi connectivity index (χ2v) is 6.95. The van der Waals surface area contributed by atoms with Gasteiger partial charge in [-0.2, -0.15) is 0 Å². The Balaban J connectivity index is 2.96. The SMILES string of the molecule is CC(C)CCCCCCCCCCCCCCC/C=C/O. The molecule has 0 bridgehead atoms. The second-order valence-electron chi connectivity index (χ2n) is 6.95. The lowest BCUT2D eigenvalue weighted by atomic mass is 10.0. The molecule has 0 aromatic carbocycles. The largest absolute Gasteiger partial charge is 0.516 e. The maximum absolute atomic E-state index is 8.51. The molecule has 0 aromatic heterocycles. The van der Waals surface area contributed by atoms with Gasteiger partial charge in [0.15, 0.2) is 0 Å². The van der Waals surface area contributed by atoms with E-state index in [1.807, 2.05) is 6.08 Å². The molecule has 0 amide bonds. The summed E-state index contributed by atoms with van der Waals surface area (Å²) >= 11 is 0. The zero-order chi connectivity index (χ0) is 15.6. The molecule has 0 saturated heterocycles. The lowest BCUT2D eigenvalue weighted by molar-refractivity contribution is 0.469. The van der Waals surface area contributed by atoms with Gasteiger partial charge in [-0.3, -0.25) is 0 Å². The Bertz CT molecular complexity index is 208. The molecular formula is C20H40O. The number of hydrogen-bond acceptors (Lipinski definition) is 1. The van der Waals surface area contributed by atoms with Crippen molar-refractivity contribution in [2.24, 2.45) is 5.92 Å². The molecule has 21 heavy (non-hydrogen) atoms. The van der Waals surface area contributed by atoms with Crippen molar-refractivity contribution in [3.8, 4) is 0 Å². The van der Waals surface area contributed by atoms with Gasteiger partial charge in [0.2, 0.25) is 0 Å². The van der Waals surface area contributed by atoms with E-state index in [9.17, 15) is 0 Å². The van der Waals surface area contributed by atoms with Crippen molar-refractivity contribution in [2.45, 2.75) is 110 Å². The van der Waals surface area contributed by atoms with E-state index < -0.39 is 0 Å². The Morgan fingerprint density at radius 1 is 0.619 bits per heavy atom. The van der Waals surface area contributed by atoms with Crippen molar-refractivity contribution in [3.05, 3.63) is 12.3 Å². The molecule has 0 aromatic rings. The smallest absolute Gasteiger partial charge is 0.0751 e. The molecule has 0 fully saturated rings. The van der Waals surface area contributed by atoms with Crippen LogP contribution in [0.25, 0.3) is 0 Å². The minimum absolute atomic E-state index is 0.885. The van der Waals surface area contributed by atoms with Gasteiger partial charge in [-0.1, -0.05) is 103 Å². The van der Waals surface area contributed by atoms with Crippen molar-refractivity contribution < 1.29 is 5.11 Å². The van der Waals surface area contributed by atoms with Gasteiger partial charge in [0.25, 0.3) is 0 Å². The molecule has 0 spiro atoms. The lowest BCUT2D eigenvalue weighted by Crippen LogP contribution is -1.87. The Kier molecular flexibility index (Phi) is 17.2. The fourth-order valence-corrected chi connectivity index (χ4v) is 2.83. The summed E-state index contributed by atoms with van der Waals surface area (Å²) in [4.78, 5) is 0. The summed E-state index contributed by atoms with van der Waals surface area (Å²) in [6, 6.07) is 0. The van der Waals surface area contributed by atoms with Crippen LogP contribution in [0.15, 0.2) is 12.3 Å². The number of hydrogen-bond donors (Lipinski definition) is 1. The Labute approximate surface area is 134 Å². The highest BCUT2D eigenvalue weighted by Crippen LogP contribution is 2.14. The first kappa shape index (κ1) is 20.5. The number of aliphatic hydroxyl groups excluding tert-OH is 1. The molecular weight excluding hydrogens is 256 g/mol. The summed E-state index contributed by atoms with van der Waals surface area (Å²) < 4.78 is 0. The zero-order valence-electron chi connectivity index (χ0n) is 14.8. The summed E-state index contributed by atoms with van der Waals surface area (Å²) in [6.45, 7) is 4.65. The third kappa shape index (κ3) is 19.5. The average Bonchev–Trinajstić information content (AvgIpc) is 2.46. The van der Waals surface area contributed by atoms with Crippen molar-refractivity contribution in [3.63, 3.8) is 0 Å². The van der Waals surface area contributed by atoms with E-state index in [0.29, 0.717) is 0 Å². The highest BCUT2D eigenvalue weighted by atomic mass is 16.2. The second kappa shape index (κ2) is 17.6. The van der Waals surface area contributed by atoms with Gasteiger partial charge in [-0.15, -0.1) is 0 Å². The van der Waals surface area contributed by atoms with E-state index >= 15 is 0 Å². The Hall–Kier alpha value is -0.460. The third-order valence-corrected chi connectivity index (χ3v) is 4.26. The molecule has 126 valence electrons. The maximum atomic E-state index is 8.51. The molecule has 0 radical (unpaired) electrons. The van der Waals surface area contributed by atoms with Crippen LogP contribution in [0.3, 0.4) is 0 Å². The molecule has 0 aliphatic rings. The predicted octanol–water partition coefficient (Wildman–Crippen LogP) is 7.57. The molecule has 0 aliphatic heterocycles. The van der Waals surface area contributed by atoms with Gasteiger partial charge in [0.05, 0.1) is 6.26 Å². The topological polar surface area (TPSA) is 20.2 Å². The molecule has 0 unspecified atom stereocenters. The first-order chi connectivity index (χ1) is 10.3. The van der Waals surface area contributed by atoms with Gasteiger partial charge in [-0.25, -0.2) is 0 Å². The first-order valence-electron chi connectivity index (χ1n) is 9.56. The van der Waals surface area contributed by atoms with Crippen molar-refractivity contribution in [2.75, 3.05) is 0 Å². The van der Waals surface area contributed by atoms with Crippen LogP contribution >= 0.6 is 0 Å². The van der Waals surface area contributed by atoms with Crippen LogP contribution in [0, 0.1) is 5.92 Å². The number of unbranched alkanes of at least 4 members (excludes halogenated alkanes) is 13. The summed E-state index contributed by atoms with van der Waals surface area (Å²) in [5.41, 5.74) is 0. The van der Waals surface area contributed by atoms with Gasteiger partial charge in [0.1, 0.15) is 0 Å². The van der Waals surface area contributed by atoms with E-state index in [0.717, 1.165) is 12.3 Å². The highest BCUT2D eigenvalue weighted by Gasteiger charge is 1.95. The van der Waals surface area contributed by atoms with Crippen molar-refractivity contribution in [1.29, 1.82) is 0 Å². The van der Waals surface area contributed by atoms with Crippen LogP contribution in [-0.2, 0) is 0 Å². The van der Waals surface area contributed by atoms with Gasteiger partial charge in [0, 0.05) is 0 Å². The van der Waals surface area contributed by atoms with Gasteiger partial charge in [-0.05, 0) is 18.8 Å². The molecule has 1 N–H and O–H groups in total. The van der Waals surface area contributed by atoms with Gasteiger partial charge < -0.3 is 5.11 Å². The van der Waals surface area contributed by atoms with E-state index in [1.54, 1.807) is 0 Å². The molecule has 0 aliphatic carbocycles. The minimum atomic E-state index is 0.885.